The van der Waals surface area contributed by atoms with E-state index in [1.807, 2.05) is 18.2 Å². The van der Waals surface area contributed by atoms with E-state index in [-0.39, 0.29) is 0 Å². The summed E-state index contributed by atoms with van der Waals surface area (Å²) in [6.07, 6.45) is 28.8. The van der Waals surface area contributed by atoms with Crippen molar-refractivity contribution < 1.29 is 0 Å². The molecule has 0 bridgehead atoms. The maximum absolute atomic E-state index is 8.37. The molecule has 0 rings (SSSR count). The molecule has 0 heterocycles. The molecule has 132 valence electrons. The van der Waals surface area contributed by atoms with Gasteiger partial charge in [-0.2, -0.15) is 5.26 Å². The summed E-state index contributed by atoms with van der Waals surface area (Å²) in [5.41, 5.74) is 0. The fourth-order valence-electron chi connectivity index (χ4n) is 2.98. The van der Waals surface area contributed by atoms with Crippen LogP contribution in [0.1, 0.15) is 109 Å². The third kappa shape index (κ3) is 21.0. The van der Waals surface area contributed by atoms with Gasteiger partial charge < -0.3 is 0 Å². The van der Waals surface area contributed by atoms with Gasteiger partial charge in [0.05, 0.1) is 6.07 Å². The average molecular weight is 318 g/mol. The molecule has 0 aliphatic carbocycles. The van der Waals surface area contributed by atoms with Gasteiger partial charge >= 0.3 is 0 Å². The van der Waals surface area contributed by atoms with E-state index in [9.17, 15) is 0 Å². The Hall–Kier alpha value is -1.03. The fourth-order valence-corrected chi connectivity index (χ4v) is 2.98. The SMILES string of the molecule is C=CCCCCCCCCCCCCCCCCCC=CC#N. The maximum atomic E-state index is 8.37. The maximum Gasteiger partial charge on any atom is 0.0908 e. The predicted molar refractivity (Wildman–Crippen MR) is 103 cm³/mol. The monoisotopic (exact) mass is 317 g/mol. The lowest BCUT2D eigenvalue weighted by atomic mass is 10.0. The van der Waals surface area contributed by atoms with Crippen molar-refractivity contribution in [2.75, 3.05) is 0 Å². The minimum Gasteiger partial charge on any atom is -0.193 e. The number of nitrogens with zero attached hydrogens (tertiary/aromatic N) is 1. The molecule has 0 atom stereocenters. The summed E-state index contributed by atoms with van der Waals surface area (Å²) < 4.78 is 0. The highest BCUT2D eigenvalue weighted by Gasteiger charge is 1.94. The first kappa shape index (κ1) is 22.0. The molecule has 0 saturated carbocycles. The molecule has 0 aromatic heterocycles. The van der Waals surface area contributed by atoms with Gasteiger partial charge in [0, 0.05) is 6.08 Å². The van der Waals surface area contributed by atoms with Crippen LogP contribution in [-0.4, -0.2) is 0 Å². The molecule has 1 nitrogen and oxygen atoms in total. The molecule has 0 aliphatic rings. The molecule has 0 fully saturated rings. The molecular weight excluding hydrogens is 278 g/mol. The van der Waals surface area contributed by atoms with Crippen molar-refractivity contribution in [2.45, 2.75) is 109 Å². The minimum atomic E-state index is 1.07. The zero-order valence-electron chi connectivity index (χ0n) is 15.4. The molecular formula is C22H39N. The van der Waals surface area contributed by atoms with Crippen molar-refractivity contribution in [3.05, 3.63) is 24.8 Å². The lowest BCUT2D eigenvalue weighted by Crippen LogP contribution is -1.83. The minimum absolute atomic E-state index is 1.07. The molecule has 0 saturated heterocycles. The molecule has 0 radical (unpaired) electrons. The highest BCUT2D eigenvalue weighted by Crippen LogP contribution is 2.14. The van der Waals surface area contributed by atoms with Crippen LogP contribution in [0.15, 0.2) is 24.8 Å². The van der Waals surface area contributed by atoms with E-state index >= 15 is 0 Å². The van der Waals surface area contributed by atoms with Crippen LogP contribution in [0.5, 0.6) is 0 Å². The molecule has 0 aromatic carbocycles. The van der Waals surface area contributed by atoms with Gasteiger partial charge in [0.1, 0.15) is 0 Å². The van der Waals surface area contributed by atoms with Crippen LogP contribution in [0, 0.1) is 11.3 Å². The smallest absolute Gasteiger partial charge is 0.0908 e. The van der Waals surface area contributed by atoms with E-state index < -0.39 is 0 Å². The summed E-state index contributed by atoms with van der Waals surface area (Å²) in [6, 6.07) is 2.04. The predicted octanol–water partition coefficient (Wildman–Crippen LogP) is 7.88. The molecule has 0 spiro atoms. The van der Waals surface area contributed by atoms with Crippen LogP contribution in [0.3, 0.4) is 0 Å². The van der Waals surface area contributed by atoms with Crippen LogP contribution < -0.4 is 0 Å². The van der Waals surface area contributed by atoms with Crippen molar-refractivity contribution in [3.8, 4) is 6.07 Å². The Balaban J connectivity index is 2.99. The van der Waals surface area contributed by atoms with Crippen LogP contribution in [0.2, 0.25) is 0 Å². The Bertz CT molecular complexity index is 298. The molecule has 0 N–H and O–H groups in total. The van der Waals surface area contributed by atoms with Crippen LogP contribution in [-0.2, 0) is 0 Å². The molecule has 0 amide bonds. The Morgan fingerprint density at radius 1 is 0.565 bits per heavy atom. The highest BCUT2D eigenvalue weighted by molar-refractivity contribution is 5.01. The van der Waals surface area contributed by atoms with E-state index in [4.69, 9.17) is 5.26 Å². The summed E-state index contributed by atoms with van der Waals surface area (Å²) in [7, 11) is 0. The topological polar surface area (TPSA) is 23.8 Å². The zero-order valence-corrected chi connectivity index (χ0v) is 15.4. The zero-order chi connectivity index (χ0) is 16.8. The molecule has 1 heteroatoms. The van der Waals surface area contributed by atoms with Crippen molar-refractivity contribution in [1.82, 2.24) is 0 Å². The Kier molecular flexibility index (Phi) is 20.0. The molecule has 23 heavy (non-hydrogen) atoms. The van der Waals surface area contributed by atoms with Crippen LogP contribution >= 0.6 is 0 Å². The van der Waals surface area contributed by atoms with Crippen molar-refractivity contribution in [2.24, 2.45) is 0 Å². The second-order valence-corrected chi connectivity index (χ2v) is 6.70. The number of unbranched alkanes of at least 4 members (excludes halogenated alkanes) is 16. The van der Waals surface area contributed by atoms with Gasteiger partial charge in [-0.05, 0) is 25.7 Å². The lowest BCUT2D eigenvalue weighted by molar-refractivity contribution is 0.531. The first-order valence-corrected chi connectivity index (χ1v) is 10.1. The third-order valence-corrected chi connectivity index (χ3v) is 4.47. The number of hydrogen-bond donors (Lipinski definition) is 0. The second-order valence-electron chi connectivity index (χ2n) is 6.70. The number of rotatable bonds is 18. The summed E-state index contributed by atoms with van der Waals surface area (Å²) in [5, 5.41) is 8.37. The molecule has 0 aliphatic heterocycles. The average Bonchev–Trinajstić information content (AvgIpc) is 2.57. The summed E-state index contributed by atoms with van der Waals surface area (Å²) in [5.74, 6) is 0. The molecule has 0 unspecified atom stereocenters. The fraction of sp³-hybridized carbons (Fsp3) is 0.773. The first-order valence-electron chi connectivity index (χ1n) is 10.1. The number of allylic oxidation sites excluding steroid dienone is 3. The molecule has 0 aromatic rings. The first-order chi connectivity index (χ1) is 11.4. The van der Waals surface area contributed by atoms with Gasteiger partial charge in [0.25, 0.3) is 0 Å². The summed E-state index contributed by atoms with van der Waals surface area (Å²) in [4.78, 5) is 0. The Morgan fingerprint density at radius 2 is 0.913 bits per heavy atom. The third-order valence-electron chi connectivity index (χ3n) is 4.47. The van der Waals surface area contributed by atoms with Gasteiger partial charge in [-0.15, -0.1) is 6.58 Å². The van der Waals surface area contributed by atoms with E-state index in [1.165, 1.54) is 103 Å². The van der Waals surface area contributed by atoms with Gasteiger partial charge in [-0.1, -0.05) is 95.6 Å². The van der Waals surface area contributed by atoms with Gasteiger partial charge in [-0.3, -0.25) is 0 Å². The highest BCUT2D eigenvalue weighted by atomic mass is 14.2. The largest absolute Gasteiger partial charge is 0.193 e. The van der Waals surface area contributed by atoms with E-state index in [0.29, 0.717) is 0 Å². The Labute approximate surface area is 145 Å². The van der Waals surface area contributed by atoms with Crippen molar-refractivity contribution in [1.29, 1.82) is 5.26 Å². The Morgan fingerprint density at radius 3 is 1.26 bits per heavy atom. The van der Waals surface area contributed by atoms with Gasteiger partial charge in [0.2, 0.25) is 0 Å². The van der Waals surface area contributed by atoms with Crippen LogP contribution in [0.4, 0.5) is 0 Å². The van der Waals surface area contributed by atoms with Crippen molar-refractivity contribution in [3.63, 3.8) is 0 Å². The summed E-state index contributed by atoms with van der Waals surface area (Å²) in [6.45, 7) is 3.77. The quantitative estimate of drug-likeness (QED) is 0.143. The normalized spacial score (nSPS) is 10.9. The van der Waals surface area contributed by atoms with Gasteiger partial charge in [0.15, 0.2) is 0 Å². The van der Waals surface area contributed by atoms with Gasteiger partial charge in [-0.25, -0.2) is 0 Å². The lowest BCUT2D eigenvalue weighted by Gasteiger charge is -2.03. The van der Waals surface area contributed by atoms with Crippen LogP contribution in [0.25, 0.3) is 0 Å². The standard InChI is InChI=1S/C22H39N/c1-2-3-4-5-6-7-8-9-10-11-12-13-14-15-16-17-18-19-20-21-22-23/h2,20-21H,1,3-19H2. The number of hydrogen-bond acceptors (Lipinski definition) is 1. The van der Waals surface area contributed by atoms with E-state index in [2.05, 4.69) is 6.58 Å². The second kappa shape index (κ2) is 21.0. The number of nitriles is 1. The van der Waals surface area contributed by atoms with E-state index in [1.54, 1.807) is 6.08 Å². The van der Waals surface area contributed by atoms with Crippen molar-refractivity contribution >= 4 is 0 Å². The van der Waals surface area contributed by atoms with E-state index in [0.717, 1.165) is 6.42 Å². The summed E-state index contributed by atoms with van der Waals surface area (Å²) >= 11 is 0.